The van der Waals surface area contributed by atoms with E-state index in [1.807, 2.05) is 25.2 Å². The summed E-state index contributed by atoms with van der Waals surface area (Å²) < 4.78 is 6.49. The van der Waals surface area contributed by atoms with Crippen LogP contribution in [0.3, 0.4) is 0 Å². The Hall–Kier alpha value is -3.03. The summed E-state index contributed by atoms with van der Waals surface area (Å²) in [6.45, 7) is 5.33. The predicted octanol–water partition coefficient (Wildman–Crippen LogP) is 2.42. The van der Waals surface area contributed by atoms with E-state index in [0.29, 0.717) is 31.2 Å². The lowest BCUT2D eigenvalue weighted by molar-refractivity contribution is 0.0941. The smallest absolute Gasteiger partial charge is 0.409 e. The fraction of sp³-hybridized carbons (Fsp3) is 0.500. The minimum Gasteiger partial charge on any atom is -0.453 e. The van der Waals surface area contributed by atoms with Gasteiger partial charge in [-0.3, -0.25) is 9.48 Å². The Morgan fingerprint density at radius 3 is 2.60 bits per heavy atom. The topological polar surface area (TPSA) is 79.7 Å². The first-order valence-electron chi connectivity index (χ1n) is 10.5. The van der Waals surface area contributed by atoms with E-state index in [1.54, 1.807) is 9.58 Å². The predicted molar refractivity (Wildman–Crippen MR) is 114 cm³/mol. The molecule has 8 nitrogen and oxygen atoms in total. The van der Waals surface area contributed by atoms with Gasteiger partial charge in [-0.05, 0) is 43.0 Å². The van der Waals surface area contributed by atoms with Gasteiger partial charge in [0.2, 0.25) is 0 Å². The first-order chi connectivity index (χ1) is 14.5. The van der Waals surface area contributed by atoms with Gasteiger partial charge in [-0.15, -0.1) is 0 Å². The second-order valence-electron chi connectivity index (χ2n) is 8.04. The van der Waals surface area contributed by atoms with Crippen LogP contribution in [0.15, 0.2) is 24.3 Å². The minimum atomic E-state index is -0.275. The van der Waals surface area contributed by atoms with Gasteiger partial charge in [-0.1, -0.05) is 12.1 Å². The van der Waals surface area contributed by atoms with E-state index in [0.717, 1.165) is 48.4 Å². The number of carbonyl (C=O) groups excluding carboxylic acids is 2. The number of rotatable bonds is 5. The molecule has 1 aromatic heterocycles. The molecular weight excluding hydrogens is 382 g/mol. The highest BCUT2D eigenvalue weighted by molar-refractivity contribution is 5.92. The van der Waals surface area contributed by atoms with Crippen molar-refractivity contribution in [2.24, 2.45) is 7.05 Å². The van der Waals surface area contributed by atoms with Crippen molar-refractivity contribution in [2.45, 2.75) is 32.2 Å². The van der Waals surface area contributed by atoms with Gasteiger partial charge in [-0.25, -0.2) is 4.79 Å². The van der Waals surface area contributed by atoms with Crippen LogP contribution in [-0.4, -0.2) is 60.0 Å². The van der Waals surface area contributed by atoms with Gasteiger partial charge in [0.15, 0.2) is 0 Å². The highest BCUT2D eigenvalue weighted by Crippen LogP contribution is 2.39. The molecule has 0 atom stereocenters. The minimum absolute atomic E-state index is 0.103. The molecule has 1 aliphatic heterocycles. The number of benzene rings is 1. The molecule has 2 aliphatic rings. The Morgan fingerprint density at radius 1 is 1.20 bits per heavy atom. The van der Waals surface area contributed by atoms with E-state index < -0.39 is 0 Å². The van der Waals surface area contributed by atoms with Crippen LogP contribution in [0.1, 0.15) is 46.1 Å². The molecule has 2 heterocycles. The summed E-state index contributed by atoms with van der Waals surface area (Å²) in [7, 11) is 3.23. The summed E-state index contributed by atoms with van der Waals surface area (Å²) in [4.78, 5) is 28.4. The van der Waals surface area contributed by atoms with Gasteiger partial charge in [0.25, 0.3) is 5.91 Å². The van der Waals surface area contributed by atoms with Crippen LogP contribution in [0.4, 0.5) is 10.5 Å². The van der Waals surface area contributed by atoms with Crippen molar-refractivity contribution in [1.82, 2.24) is 20.0 Å². The Morgan fingerprint density at radius 2 is 1.93 bits per heavy atom. The van der Waals surface area contributed by atoms with Crippen LogP contribution in [-0.2, 0) is 18.3 Å². The molecular formula is C22H29N5O3. The zero-order valence-electron chi connectivity index (χ0n) is 17.9. The van der Waals surface area contributed by atoms with Crippen molar-refractivity contribution in [3.63, 3.8) is 0 Å². The Balaban J connectivity index is 1.40. The zero-order chi connectivity index (χ0) is 21.3. The quantitative estimate of drug-likeness (QED) is 0.817. The van der Waals surface area contributed by atoms with Crippen LogP contribution >= 0.6 is 0 Å². The average Bonchev–Trinajstić information content (AvgIpc) is 3.54. The lowest BCUT2D eigenvalue weighted by Gasteiger charge is -2.36. The fourth-order valence-electron chi connectivity index (χ4n) is 4.01. The molecule has 0 unspecified atom stereocenters. The first kappa shape index (κ1) is 20.3. The van der Waals surface area contributed by atoms with Crippen molar-refractivity contribution >= 4 is 17.7 Å². The maximum absolute atomic E-state index is 12.7. The molecule has 1 saturated carbocycles. The summed E-state index contributed by atoms with van der Waals surface area (Å²) >= 11 is 0. The van der Waals surface area contributed by atoms with E-state index >= 15 is 0 Å². The molecule has 0 bridgehead atoms. The maximum Gasteiger partial charge on any atom is 0.409 e. The largest absolute Gasteiger partial charge is 0.453 e. The number of anilines is 1. The van der Waals surface area contributed by atoms with E-state index in [9.17, 15) is 9.59 Å². The number of methoxy groups -OCH3 is 1. The molecule has 160 valence electrons. The summed E-state index contributed by atoms with van der Waals surface area (Å²) in [6.07, 6.45) is 2.05. The van der Waals surface area contributed by atoms with Crippen LogP contribution < -0.4 is 10.2 Å². The molecule has 1 N–H and O–H groups in total. The lowest BCUT2D eigenvalue weighted by atomic mass is 10.0. The molecule has 0 spiro atoms. The van der Waals surface area contributed by atoms with Crippen LogP contribution in [0.25, 0.3) is 0 Å². The lowest BCUT2D eigenvalue weighted by Crippen LogP contribution is -2.49. The van der Waals surface area contributed by atoms with Gasteiger partial charge >= 0.3 is 6.09 Å². The third-order valence-electron chi connectivity index (χ3n) is 6.04. The number of piperazine rings is 1. The molecule has 1 saturated heterocycles. The number of hydrogen-bond acceptors (Lipinski definition) is 5. The van der Waals surface area contributed by atoms with Crippen LogP contribution in [0, 0.1) is 6.92 Å². The average molecular weight is 412 g/mol. The van der Waals surface area contributed by atoms with Gasteiger partial charge in [0.1, 0.15) is 5.69 Å². The summed E-state index contributed by atoms with van der Waals surface area (Å²) in [5, 5.41) is 7.52. The fourth-order valence-corrected chi connectivity index (χ4v) is 4.01. The number of nitrogens with one attached hydrogen (secondary N) is 1. The molecule has 2 aromatic rings. The molecule has 4 rings (SSSR count). The summed E-state index contributed by atoms with van der Waals surface area (Å²) in [6, 6.07) is 8.07. The molecule has 8 heteroatoms. The molecule has 1 aromatic carbocycles. The normalized spacial score (nSPS) is 16.5. The third-order valence-corrected chi connectivity index (χ3v) is 6.04. The summed E-state index contributed by atoms with van der Waals surface area (Å²) in [5.74, 6) is 0.421. The number of hydrogen-bond donors (Lipinski definition) is 1. The Labute approximate surface area is 176 Å². The first-order valence-corrected chi connectivity index (χ1v) is 10.5. The van der Waals surface area contributed by atoms with Crippen LogP contribution in [0.5, 0.6) is 0 Å². The van der Waals surface area contributed by atoms with E-state index in [-0.39, 0.29) is 12.0 Å². The SMILES string of the molecule is COC(=O)N1CCN(c2cccc(CNC(=O)c3cc(C4CC4)nn3C)c2C)CC1. The summed E-state index contributed by atoms with van der Waals surface area (Å²) in [5.41, 5.74) is 4.99. The van der Waals surface area contributed by atoms with Gasteiger partial charge in [0, 0.05) is 51.4 Å². The Kier molecular flexibility index (Phi) is 5.65. The van der Waals surface area contributed by atoms with E-state index in [2.05, 4.69) is 28.3 Å². The third kappa shape index (κ3) is 4.13. The molecule has 30 heavy (non-hydrogen) atoms. The zero-order valence-corrected chi connectivity index (χ0v) is 17.9. The second-order valence-corrected chi connectivity index (χ2v) is 8.04. The Bertz CT molecular complexity index is 942. The number of aromatic nitrogens is 2. The van der Waals surface area contributed by atoms with E-state index in [4.69, 9.17) is 4.74 Å². The number of ether oxygens (including phenoxy) is 1. The van der Waals surface area contributed by atoms with Gasteiger partial charge < -0.3 is 19.9 Å². The monoisotopic (exact) mass is 411 g/mol. The van der Waals surface area contributed by atoms with Crippen molar-refractivity contribution in [2.75, 3.05) is 38.2 Å². The number of aryl methyl sites for hydroxylation is 1. The van der Waals surface area contributed by atoms with E-state index in [1.165, 1.54) is 7.11 Å². The number of nitrogens with zero attached hydrogens (tertiary/aromatic N) is 4. The molecule has 2 amide bonds. The van der Waals surface area contributed by atoms with Crippen molar-refractivity contribution in [1.29, 1.82) is 0 Å². The number of amides is 2. The molecule has 0 radical (unpaired) electrons. The maximum atomic E-state index is 12.7. The second kappa shape index (κ2) is 8.38. The van der Waals surface area contributed by atoms with Gasteiger partial charge in [0.05, 0.1) is 12.8 Å². The number of carbonyl (C=O) groups is 2. The van der Waals surface area contributed by atoms with Gasteiger partial charge in [-0.2, -0.15) is 5.10 Å². The highest BCUT2D eigenvalue weighted by atomic mass is 16.5. The molecule has 1 aliphatic carbocycles. The highest BCUT2D eigenvalue weighted by Gasteiger charge is 2.28. The standard InChI is InChI=1S/C22H29N5O3/c1-15-17(14-23-21(28)20-13-18(16-7-8-16)24-25(20)2)5-4-6-19(15)26-9-11-27(12-10-26)22(29)30-3/h4-6,13,16H,7-12,14H2,1-3H3,(H,23,28). The van der Waals surface area contributed by atoms with Crippen molar-refractivity contribution in [3.05, 3.63) is 46.8 Å². The van der Waals surface area contributed by atoms with Crippen molar-refractivity contribution < 1.29 is 14.3 Å². The van der Waals surface area contributed by atoms with Crippen molar-refractivity contribution in [3.8, 4) is 0 Å². The molecule has 2 fully saturated rings. The van der Waals surface area contributed by atoms with Crippen LogP contribution in [0.2, 0.25) is 0 Å².